The zero-order valence-electron chi connectivity index (χ0n) is 36.7. The maximum atomic E-state index is 7.00. The molecule has 0 radical (unpaired) electrons. The van der Waals surface area contributed by atoms with Gasteiger partial charge in [0.05, 0.1) is 29.4 Å². The predicted octanol–water partition coefficient (Wildman–Crippen LogP) is 19.0. The molecule has 4 aromatic heterocycles. The van der Waals surface area contributed by atoms with Gasteiger partial charge in [0.1, 0.15) is 11.5 Å². The first-order valence-electron chi connectivity index (χ1n) is 23.3. The van der Waals surface area contributed by atoms with Crippen molar-refractivity contribution < 1.29 is 14.2 Å². The topological polar surface area (TPSA) is 27.7 Å². The summed E-state index contributed by atoms with van der Waals surface area (Å²) >= 11 is 7.47. The van der Waals surface area contributed by atoms with Crippen molar-refractivity contribution in [2.75, 3.05) is 19.8 Å². The standard InChI is InChI=1S/C52H68O3S4/c1-6-9-11-13-15-17-19-21-23-25-27-54-49-40-30-38-29-36(4)56-45(38)33-42(40)50(55-28-26-24-22-20-18-16-14-12-10-7-2)41-31-39-32-47(58-46(39)34-43(41)49)52-44-35-48(53-8-3)59-51(44)37(5)57-52/h29-35H,6-28H2,1-5H3. The van der Waals surface area contributed by atoms with E-state index in [1.165, 1.54) is 187 Å². The fraction of sp³-hybridized carbons (Fsp3) is 0.538. The van der Waals surface area contributed by atoms with E-state index in [0.29, 0.717) is 6.61 Å². The van der Waals surface area contributed by atoms with E-state index in [1.54, 1.807) is 11.3 Å². The molecule has 59 heavy (non-hydrogen) atoms. The lowest BCUT2D eigenvalue weighted by Crippen LogP contribution is -2.02. The Bertz CT molecular complexity index is 2270. The van der Waals surface area contributed by atoms with Crippen LogP contribution in [0.3, 0.4) is 0 Å². The molecule has 0 fully saturated rings. The molecule has 0 aliphatic rings. The third-order valence-electron chi connectivity index (χ3n) is 11.9. The number of aryl methyl sites for hydroxylation is 2. The van der Waals surface area contributed by atoms with Crippen LogP contribution in [0.25, 0.3) is 61.6 Å². The van der Waals surface area contributed by atoms with Crippen LogP contribution < -0.4 is 14.2 Å². The second kappa shape index (κ2) is 22.3. The monoisotopic (exact) mass is 868 g/mol. The molecule has 7 aromatic rings. The molecule has 3 aromatic carbocycles. The van der Waals surface area contributed by atoms with E-state index in [4.69, 9.17) is 14.2 Å². The number of rotatable bonds is 27. The molecule has 0 amide bonds. The van der Waals surface area contributed by atoms with Crippen LogP contribution in [0.2, 0.25) is 0 Å². The van der Waals surface area contributed by atoms with Gasteiger partial charge in [0.15, 0.2) is 5.06 Å². The lowest BCUT2D eigenvalue weighted by molar-refractivity contribution is 0.306. The van der Waals surface area contributed by atoms with Crippen molar-refractivity contribution in [3.63, 3.8) is 0 Å². The number of ether oxygens (including phenoxy) is 3. The summed E-state index contributed by atoms with van der Waals surface area (Å²) in [4.78, 5) is 5.37. The lowest BCUT2D eigenvalue weighted by atomic mass is 9.98. The normalized spacial score (nSPS) is 12.0. The molecule has 3 nitrogen and oxygen atoms in total. The van der Waals surface area contributed by atoms with Gasteiger partial charge in [-0.1, -0.05) is 141 Å². The first-order chi connectivity index (χ1) is 29.0. The highest BCUT2D eigenvalue weighted by Crippen LogP contribution is 2.51. The zero-order valence-corrected chi connectivity index (χ0v) is 39.9. The van der Waals surface area contributed by atoms with Crippen molar-refractivity contribution in [1.29, 1.82) is 0 Å². The molecule has 0 bridgehead atoms. The van der Waals surface area contributed by atoms with Crippen molar-refractivity contribution in [3.05, 3.63) is 52.2 Å². The van der Waals surface area contributed by atoms with Gasteiger partial charge < -0.3 is 14.2 Å². The Morgan fingerprint density at radius 3 is 1.42 bits per heavy atom. The van der Waals surface area contributed by atoms with Crippen molar-refractivity contribution >= 4 is 97.2 Å². The van der Waals surface area contributed by atoms with E-state index in [2.05, 4.69) is 77.1 Å². The van der Waals surface area contributed by atoms with Gasteiger partial charge in [-0.2, -0.15) is 0 Å². The van der Waals surface area contributed by atoms with Gasteiger partial charge in [-0.3, -0.25) is 0 Å². The summed E-state index contributed by atoms with van der Waals surface area (Å²) in [5.74, 6) is 2.04. The lowest BCUT2D eigenvalue weighted by Gasteiger charge is -2.19. The van der Waals surface area contributed by atoms with Gasteiger partial charge in [-0.25, -0.2) is 0 Å². The Hall–Kier alpha value is -2.84. The molecular weight excluding hydrogens is 801 g/mol. The van der Waals surface area contributed by atoms with Crippen molar-refractivity contribution in [1.82, 2.24) is 0 Å². The van der Waals surface area contributed by atoms with Crippen LogP contribution in [0.1, 0.15) is 159 Å². The molecule has 0 saturated carbocycles. The number of hydrogen-bond acceptors (Lipinski definition) is 7. The van der Waals surface area contributed by atoms with E-state index in [1.807, 2.05) is 34.0 Å². The second-order valence-electron chi connectivity index (χ2n) is 16.8. The molecule has 7 heteroatoms. The number of fused-ring (bicyclic) bond motifs is 5. The average Bonchev–Trinajstić information content (AvgIpc) is 4.01. The highest BCUT2D eigenvalue weighted by molar-refractivity contribution is 7.30. The van der Waals surface area contributed by atoms with Crippen molar-refractivity contribution in [2.24, 2.45) is 0 Å². The van der Waals surface area contributed by atoms with Crippen LogP contribution in [0.4, 0.5) is 0 Å². The minimum Gasteiger partial charge on any atom is -0.492 e. The molecular formula is C52H68O3S4. The van der Waals surface area contributed by atoms with Gasteiger partial charge in [-0.05, 0) is 80.8 Å². The summed E-state index contributed by atoms with van der Waals surface area (Å²) in [5, 5.41) is 9.61. The highest BCUT2D eigenvalue weighted by Gasteiger charge is 2.22. The van der Waals surface area contributed by atoms with Gasteiger partial charge in [-0.15, -0.1) is 34.0 Å². The zero-order chi connectivity index (χ0) is 41.0. The van der Waals surface area contributed by atoms with E-state index < -0.39 is 0 Å². The Kier molecular flexibility index (Phi) is 16.7. The van der Waals surface area contributed by atoms with Crippen LogP contribution in [-0.4, -0.2) is 19.8 Å². The molecule has 0 aliphatic carbocycles. The Balaban J connectivity index is 1.18. The minimum absolute atomic E-state index is 0.690. The summed E-state index contributed by atoms with van der Waals surface area (Å²) < 4.78 is 23.9. The summed E-state index contributed by atoms with van der Waals surface area (Å²) in [6.07, 6.45) is 26.4. The van der Waals surface area contributed by atoms with Crippen LogP contribution in [0.15, 0.2) is 42.5 Å². The molecule has 318 valence electrons. The van der Waals surface area contributed by atoms with E-state index in [9.17, 15) is 0 Å². The highest BCUT2D eigenvalue weighted by atomic mass is 32.1. The fourth-order valence-corrected chi connectivity index (χ4v) is 13.2. The third kappa shape index (κ3) is 11.2. The molecule has 0 aliphatic heterocycles. The number of thiophene rings is 4. The van der Waals surface area contributed by atoms with Gasteiger partial charge >= 0.3 is 0 Å². The largest absolute Gasteiger partial charge is 0.492 e. The Labute approximate surface area is 370 Å². The van der Waals surface area contributed by atoms with Crippen molar-refractivity contribution in [2.45, 2.75) is 163 Å². The molecule has 0 N–H and O–H groups in total. The molecule has 4 heterocycles. The fourth-order valence-electron chi connectivity index (χ4n) is 8.75. The summed E-state index contributed by atoms with van der Waals surface area (Å²) in [6, 6.07) is 16.6. The van der Waals surface area contributed by atoms with Crippen LogP contribution in [0.5, 0.6) is 16.6 Å². The van der Waals surface area contributed by atoms with Crippen molar-refractivity contribution in [3.8, 4) is 26.3 Å². The van der Waals surface area contributed by atoms with E-state index in [0.717, 1.165) is 42.6 Å². The predicted molar refractivity (Wildman–Crippen MR) is 266 cm³/mol. The third-order valence-corrected chi connectivity index (χ3v) is 16.7. The van der Waals surface area contributed by atoms with Crippen LogP contribution in [0, 0.1) is 13.8 Å². The van der Waals surface area contributed by atoms with Gasteiger partial charge in [0.2, 0.25) is 0 Å². The second-order valence-corrected chi connectivity index (χ2v) is 21.4. The molecule has 7 rings (SSSR count). The molecule has 0 atom stereocenters. The molecule has 0 spiro atoms. The smallest absolute Gasteiger partial charge is 0.174 e. The first kappa shape index (κ1) is 44.2. The van der Waals surface area contributed by atoms with Crippen LogP contribution >= 0.6 is 45.3 Å². The maximum Gasteiger partial charge on any atom is 0.174 e. The van der Waals surface area contributed by atoms with Crippen LogP contribution in [-0.2, 0) is 0 Å². The van der Waals surface area contributed by atoms with Gasteiger partial charge in [0.25, 0.3) is 0 Å². The van der Waals surface area contributed by atoms with Gasteiger partial charge in [0, 0.05) is 57.0 Å². The SMILES string of the molecule is CCCCCCCCCCCCOc1c2cc3cc(-c4sc(C)c5sc(OCC)cc45)sc3cc2c(OCCCCCCCCCCCC)c2cc3cc(C)sc3cc12. The number of unbranched alkanes of at least 4 members (excludes halogenated alkanes) is 18. The first-order valence-corrected chi connectivity index (χ1v) is 26.5. The van der Waals surface area contributed by atoms with E-state index >= 15 is 0 Å². The minimum atomic E-state index is 0.690. The number of benzene rings is 3. The summed E-state index contributed by atoms with van der Waals surface area (Å²) in [5.41, 5.74) is 0. The quantitative estimate of drug-likeness (QED) is 0.0381. The molecule has 0 unspecified atom stereocenters. The summed E-state index contributed by atoms with van der Waals surface area (Å²) in [6.45, 7) is 13.3. The molecule has 0 saturated heterocycles. The maximum absolute atomic E-state index is 7.00. The average molecular weight is 869 g/mol. The number of hydrogen-bond donors (Lipinski definition) is 0. The Morgan fingerprint density at radius 2 is 0.898 bits per heavy atom. The van der Waals surface area contributed by atoms with E-state index in [-0.39, 0.29) is 0 Å². The Morgan fingerprint density at radius 1 is 0.424 bits per heavy atom. The summed E-state index contributed by atoms with van der Waals surface area (Å²) in [7, 11) is 0.